The number of carbonyl (C=O) groups is 1. The van der Waals surface area contributed by atoms with Crippen LogP contribution in [0.4, 0.5) is 0 Å². The average molecular weight is 297 g/mol. The Morgan fingerprint density at radius 3 is 2.52 bits per heavy atom. The fourth-order valence-corrected chi connectivity index (χ4v) is 3.45. The first-order chi connectivity index (χ1) is 10.2. The number of hydrogen-bond donors (Lipinski definition) is 1. The molecule has 0 aromatic rings. The predicted molar refractivity (Wildman–Crippen MR) is 84.2 cm³/mol. The Kier molecular flexibility index (Phi) is 6.45. The Bertz CT molecular complexity index is 329. The summed E-state index contributed by atoms with van der Waals surface area (Å²) in [5.74, 6) is 0.330. The number of piperazine rings is 1. The molecule has 5 heteroatoms. The summed E-state index contributed by atoms with van der Waals surface area (Å²) in [5, 5.41) is 9.72. The zero-order chi connectivity index (χ0) is 15.2. The van der Waals surface area contributed by atoms with Gasteiger partial charge >= 0.3 is 0 Å². The van der Waals surface area contributed by atoms with E-state index in [0.29, 0.717) is 5.91 Å². The molecule has 1 amide bonds. The fraction of sp³-hybridized carbons (Fsp3) is 0.938. The minimum Gasteiger partial charge on any atom is -0.392 e. The van der Waals surface area contributed by atoms with Gasteiger partial charge < -0.3 is 10.0 Å². The van der Waals surface area contributed by atoms with Crippen molar-refractivity contribution in [3.63, 3.8) is 0 Å². The molecule has 0 aromatic heterocycles. The predicted octanol–water partition coefficient (Wildman–Crippen LogP) is 0.776. The van der Waals surface area contributed by atoms with Gasteiger partial charge in [0.15, 0.2) is 0 Å². The molecule has 0 radical (unpaired) electrons. The Morgan fingerprint density at radius 1 is 1.19 bits per heavy atom. The van der Waals surface area contributed by atoms with Crippen molar-refractivity contribution in [2.45, 2.75) is 51.7 Å². The van der Waals surface area contributed by atoms with E-state index in [1.165, 1.54) is 0 Å². The Morgan fingerprint density at radius 2 is 1.90 bits per heavy atom. The van der Waals surface area contributed by atoms with Crippen molar-refractivity contribution in [2.75, 3.05) is 45.8 Å². The van der Waals surface area contributed by atoms with E-state index < -0.39 is 0 Å². The molecule has 21 heavy (non-hydrogen) atoms. The summed E-state index contributed by atoms with van der Waals surface area (Å²) in [6.45, 7) is 10.4. The van der Waals surface area contributed by atoms with E-state index in [-0.39, 0.29) is 12.1 Å². The number of hydrogen-bond acceptors (Lipinski definition) is 4. The van der Waals surface area contributed by atoms with Crippen LogP contribution in [0.2, 0.25) is 0 Å². The number of rotatable bonds is 6. The smallest absolute Gasteiger partial charge is 0.240 e. The SMILES string of the molecule is CCCN1CCC[C@H]1C(=O)N1CCN(C[C@H](O)CC)CC1. The van der Waals surface area contributed by atoms with Gasteiger partial charge in [-0.05, 0) is 38.8 Å². The highest BCUT2D eigenvalue weighted by atomic mass is 16.3. The van der Waals surface area contributed by atoms with E-state index in [4.69, 9.17) is 0 Å². The number of β-amino-alcohol motifs (C(OH)–C–C–N with tert-alkyl or cyclic N) is 1. The summed E-state index contributed by atoms with van der Waals surface area (Å²) >= 11 is 0. The van der Waals surface area contributed by atoms with E-state index in [2.05, 4.69) is 16.7 Å². The van der Waals surface area contributed by atoms with Gasteiger partial charge in [0.05, 0.1) is 12.1 Å². The fourth-order valence-electron chi connectivity index (χ4n) is 3.45. The molecule has 122 valence electrons. The Labute approximate surface area is 128 Å². The maximum atomic E-state index is 12.7. The third kappa shape index (κ3) is 4.41. The van der Waals surface area contributed by atoms with Gasteiger partial charge in [0.25, 0.3) is 0 Å². The first-order valence-corrected chi connectivity index (χ1v) is 8.59. The summed E-state index contributed by atoms with van der Waals surface area (Å²) in [4.78, 5) is 19.4. The van der Waals surface area contributed by atoms with Crippen molar-refractivity contribution in [1.29, 1.82) is 0 Å². The molecule has 1 N–H and O–H groups in total. The molecule has 2 aliphatic rings. The first kappa shape index (κ1) is 16.7. The quantitative estimate of drug-likeness (QED) is 0.787. The summed E-state index contributed by atoms with van der Waals surface area (Å²) in [6, 6.07) is 0.123. The molecular formula is C16H31N3O2. The monoisotopic (exact) mass is 297 g/mol. The van der Waals surface area contributed by atoms with Crippen molar-refractivity contribution in [2.24, 2.45) is 0 Å². The van der Waals surface area contributed by atoms with Crippen LogP contribution in [-0.4, -0.2) is 83.7 Å². The van der Waals surface area contributed by atoms with Crippen molar-refractivity contribution < 1.29 is 9.90 Å². The summed E-state index contributed by atoms with van der Waals surface area (Å²) in [6.07, 6.45) is 3.86. The van der Waals surface area contributed by atoms with Crippen molar-refractivity contribution in [3.05, 3.63) is 0 Å². The average Bonchev–Trinajstić information content (AvgIpc) is 2.96. The molecule has 0 spiro atoms. The number of aliphatic hydroxyl groups excluding tert-OH is 1. The van der Waals surface area contributed by atoms with Crippen LogP contribution in [-0.2, 0) is 4.79 Å². The lowest BCUT2D eigenvalue weighted by molar-refractivity contribution is -0.137. The normalized spacial score (nSPS) is 26.2. The first-order valence-electron chi connectivity index (χ1n) is 8.59. The lowest BCUT2D eigenvalue weighted by Crippen LogP contribution is -2.54. The van der Waals surface area contributed by atoms with Crippen LogP contribution in [0.1, 0.15) is 39.5 Å². The molecule has 2 aliphatic heterocycles. The second-order valence-corrected chi connectivity index (χ2v) is 6.38. The Hall–Kier alpha value is -0.650. The van der Waals surface area contributed by atoms with Crippen LogP contribution < -0.4 is 0 Å². The molecule has 2 atom stereocenters. The summed E-state index contributed by atoms with van der Waals surface area (Å²) in [7, 11) is 0. The number of aliphatic hydroxyl groups is 1. The molecule has 0 aromatic carbocycles. The van der Waals surface area contributed by atoms with Crippen LogP contribution >= 0.6 is 0 Å². The van der Waals surface area contributed by atoms with Crippen LogP contribution in [0.15, 0.2) is 0 Å². The topological polar surface area (TPSA) is 47.0 Å². The zero-order valence-corrected chi connectivity index (χ0v) is 13.6. The molecule has 2 saturated heterocycles. The van der Waals surface area contributed by atoms with Crippen LogP contribution in [0.5, 0.6) is 0 Å². The molecule has 2 fully saturated rings. The van der Waals surface area contributed by atoms with Crippen LogP contribution in [0, 0.1) is 0 Å². The number of carbonyl (C=O) groups excluding carboxylic acids is 1. The van der Waals surface area contributed by atoms with Crippen LogP contribution in [0.25, 0.3) is 0 Å². The van der Waals surface area contributed by atoms with Crippen molar-refractivity contribution >= 4 is 5.91 Å². The minimum absolute atomic E-state index is 0.123. The molecule has 2 heterocycles. The second kappa shape index (κ2) is 8.11. The van der Waals surface area contributed by atoms with E-state index in [1.807, 2.05) is 11.8 Å². The Balaban J connectivity index is 1.80. The van der Waals surface area contributed by atoms with Crippen molar-refractivity contribution in [3.8, 4) is 0 Å². The maximum Gasteiger partial charge on any atom is 0.240 e. The lowest BCUT2D eigenvalue weighted by Gasteiger charge is -2.37. The summed E-state index contributed by atoms with van der Waals surface area (Å²) < 4.78 is 0. The largest absolute Gasteiger partial charge is 0.392 e. The molecular weight excluding hydrogens is 266 g/mol. The third-order valence-electron chi connectivity index (χ3n) is 4.78. The van der Waals surface area contributed by atoms with Gasteiger partial charge in [-0.25, -0.2) is 0 Å². The minimum atomic E-state index is -0.234. The third-order valence-corrected chi connectivity index (χ3v) is 4.78. The molecule has 0 unspecified atom stereocenters. The standard InChI is InChI=1S/C16H31N3O2/c1-3-7-18-8-5-6-15(18)16(21)19-11-9-17(10-12-19)13-14(20)4-2/h14-15,20H,3-13H2,1-2H3/t14-,15+/m1/s1. The molecule has 0 aliphatic carbocycles. The van der Waals surface area contributed by atoms with Crippen LogP contribution in [0.3, 0.4) is 0 Å². The van der Waals surface area contributed by atoms with Gasteiger partial charge in [-0.2, -0.15) is 0 Å². The molecule has 0 bridgehead atoms. The van der Waals surface area contributed by atoms with E-state index in [1.54, 1.807) is 0 Å². The lowest BCUT2D eigenvalue weighted by atomic mass is 10.1. The highest BCUT2D eigenvalue weighted by Crippen LogP contribution is 2.20. The molecule has 5 nitrogen and oxygen atoms in total. The second-order valence-electron chi connectivity index (χ2n) is 6.38. The summed E-state index contributed by atoms with van der Waals surface area (Å²) in [5.41, 5.74) is 0. The number of nitrogens with zero attached hydrogens (tertiary/aromatic N) is 3. The van der Waals surface area contributed by atoms with Gasteiger partial charge in [0, 0.05) is 32.7 Å². The van der Waals surface area contributed by atoms with E-state index in [0.717, 1.165) is 71.5 Å². The highest BCUT2D eigenvalue weighted by Gasteiger charge is 2.34. The van der Waals surface area contributed by atoms with Gasteiger partial charge in [0.1, 0.15) is 0 Å². The number of likely N-dealkylation sites (tertiary alicyclic amines) is 1. The van der Waals surface area contributed by atoms with E-state index >= 15 is 0 Å². The zero-order valence-electron chi connectivity index (χ0n) is 13.6. The molecule has 2 rings (SSSR count). The van der Waals surface area contributed by atoms with E-state index in [9.17, 15) is 9.90 Å². The van der Waals surface area contributed by atoms with Gasteiger partial charge in [-0.3, -0.25) is 14.6 Å². The maximum absolute atomic E-state index is 12.7. The molecule has 0 saturated carbocycles. The van der Waals surface area contributed by atoms with Gasteiger partial charge in [0.2, 0.25) is 5.91 Å². The van der Waals surface area contributed by atoms with Gasteiger partial charge in [-0.15, -0.1) is 0 Å². The van der Waals surface area contributed by atoms with Crippen molar-refractivity contribution in [1.82, 2.24) is 14.7 Å². The van der Waals surface area contributed by atoms with Gasteiger partial charge in [-0.1, -0.05) is 13.8 Å². The highest BCUT2D eigenvalue weighted by molar-refractivity contribution is 5.82. The number of amides is 1.